The predicted molar refractivity (Wildman–Crippen MR) is 77.6 cm³/mol. The molecule has 6 heteroatoms. The molecule has 2 N–H and O–H groups in total. The van der Waals surface area contributed by atoms with Crippen molar-refractivity contribution in [1.82, 2.24) is 14.9 Å². The molecule has 0 aliphatic heterocycles. The van der Waals surface area contributed by atoms with Gasteiger partial charge in [-0.1, -0.05) is 13.3 Å². The first-order valence-corrected chi connectivity index (χ1v) is 7.33. The molecule has 20 heavy (non-hydrogen) atoms. The van der Waals surface area contributed by atoms with Crippen molar-refractivity contribution in [3.8, 4) is 0 Å². The van der Waals surface area contributed by atoms with Crippen LogP contribution in [0.2, 0.25) is 0 Å². The Morgan fingerprint density at radius 1 is 1.30 bits per heavy atom. The molecule has 0 aliphatic carbocycles. The minimum atomic E-state index is -0.478. The summed E-state index contributed by atoms with van der Waals surface area (Å²) in [4.78, 5) is 3.97. The lowest BCUT2D eigenvalue weighted by Crippen LogP contribution is -2.32. The molecule has 0 aliphatic rings. The molecule has 1 aromatic rings. The van der Waals surface area contributed by atoms with Crippen LogP contribution < -0.4 is 5.32 Å². The van der Waals surface area contributed by atoms with Gasteiger partial charge < -0.3 is 24.5 Å². The van der Waals surface area contributed by atoms with Crippen LogP contribution in [0.3, 0.4) is 0 Å². The van der Waals surface area contributed by atoms with Gasteiger partial charge in [-0.15, -0.1) is 0 Å². The smallest absolute Gasteiger partial charge is 0.0946 e. The summed E-state index contributed by atoms with van der Waals surface area (Å²) in [7, 11) is 0. The van der Waals surface area contributed by atoms with Crippen molar-refractivity contribution in [2.75, 3.05) is 39.5 Å². The van der Waals surface area contributed by atoms with Gasteiger partial charge >= 0.3 is 0 Å². The quantitative estimate of drug-likeness (QED) is 0.521. The lowest BCUT2D eigenvalue weighted by Gasteiger charge is -2.12. The lowest BCUT2D eigenvalue weighted by atomic mass is 10.3. The SMILES string of the molecule is CCCCOCCOCC(O)CNCCn1ccnc1. The van der Waals surface area contributed by atoms with Crippen LogP contribution in [0.25, 0.3) is 0 Å². The minimum absolute atomic E-state index is 0.342. The minimum Gasteiger partial charge on any atom is -0.389 e. The van der Waals surface area contributed by atoms with E-state index in [-0.39, 0.29) is 0 Å². The first kappa shape index (κ1) is 17.1. The number of nitrogens with zero attached hydrogens (tertiary/aromatic N) is 2. The fourth-order valence-corrected chi connectivity index (χ4v) is 1.64. The number of nitrogens with one attached hydrogen (secondary N) is 1. The summed E-state index contributed by atoms with van der Waals surface area (Å²) in [6, 6.07) is 0. The Morgan fingerprint density at radius 3 is 2.90 bits per heavy atom. The van der Waals surface area contributed by atoms with E-state index < -0.39 is 6.10 Å². The topological polar surface area (TPSA) is 68.5 Å². The van der Waals surface area contributed by atoms with Crippen molar-refractivity contribution in [2.24, 2.45) is 0 Å². The predicted octanol–water partition coefficient (Wildman–Crippen LogP) is 0.667. The Morgan fingerprint density at radius 2 is 2.15 bits per heavy atom. The van der Waals surface area contributed by atoms with Crippen LogP contribution in [0.5, 0.6) is 0 Å². The number of aliphatic hydroxyl groups excluding tert-OH is 1. The summed E-state index contributed by atoms with van der Waals surface area (Å²) >= 11 is 0. The van der Waals surface area contributed by atoms with Gasteiger partial charge in [-0.25, -0.2) is 4.98 Å². The maximum Gasteiger partial charge on any atom is 0.0946 e. The van der Waals surface area contributed by atoms with Gasteiger partial charge in [-0.3, -0.25) is 0 Å². The van der Waals surface area contributed by atoms with Crippen LogP contribution >= 0.6 is 0 Å². The molecule has 0 bridgehead atoms. The number of hydrogen-bond donors (Lipinski definition) is 2. The number of hydrogen-bond acceptors (Lipinski definition) is 5. The number of aromatic nitrogens is 2. The summed E-state index contributed by atoms with van der Waals surface area (Å²) in [6.45, 7) is 6.58. The van der Waals surface area contributed by atoms with E-state index in [9.17, 15) is 5.11 Å². The fourth-order valence-electron chi connectivity index (χ4n) is 1.64. The van der Waals surface area contributed by atoms with Crippen LogP contribution in [-0.2, 0) is 16.0 Å². The van der Waals surface area contributed by atoms with Crippen LogP contribution in [-0.4, -0.2) is 60.3 Å². The molecule has 0 radical (unpaired) electrons. The Kier molecular flexibility index (Phi) is 10.1. The third-order valence-electron chi connectivity index (χ3n) is 2.81. The monoisotopic (exact) mass is 285 g/mol. The summed E-state index contributed by atoms with van der Waals surface area (Å²) in [5, 5.41) is 12.9. The van der Waals surface area contributed by atoms with Crippen LogP contribution in [0.4, 0.5) is 0 Å². The molecule has 6 nitrogen and oxygen atoms in total. The van der Waals surface area contributed by atoms with Crippen molar-refractivity contribution >= 4 is 0 Å². The molecule has 0 amide bonds. The van der Waals surface area contributed by atoms with Gasteiger partial charge in [0.2, 0.25) is 0 Å². The molecule has 1 unspecified atom stereocenters. The van der Waals surface area contributed by atoms with E-state index in [0.717, 1.165) is 32.5 Å². The molecular formula is C14H27N3O3. The second-order valence-corrected chi connectivity index (χ2v) is 4.70. The van der Waals surface area contributed by atoms with Gasteiger partial charge in [0.1, 0.15) is 0 Å². The van der Waals surface area contributed by atoms with Crippen molar-refractivity contribution in [1.29, 1.82) is 0 Å². The number of aliphatic hydroxyl groups is 1. The van der Waals surface area contributed by atoms with Crippen LogP contribution in [0.15, 0.2) is 18.7 Å². The second kappa shape index (κ2) is 11.8. The van der Waals surface area contributed by atoms with Crippen LogP contribution in [0, 0.1) is 0 Å². The Labute approximate surface area is 121 Å². The molecule has 0 saturated carbocycles. The van der Waals surface area contributed by atoms with Gasteiger partial charge in [-0.05, 0) is 6.42 Å². The zero-order valence-electron chi connectivity index (χ0n) is 12.3. The largest absolute Gasteiger partial charge is 0.389 e. The van der Waals surface area contributed by atoms with Gasteiger partial charge in [0, 0.05) is 38.6 Å². The highest BCUT2D eigenvalue weighted by molar-refractivity contribution is 4.74. The maximum absolute atomic E-state index is 9.70. The molecule has 0 spiro atoms. The number of ether oxygens (including phenoxy) is 2. The van der Waals surface area contributed by atoms with Crippen LogP contribution in [0.1, 0.15) is 19.8 Å². The first-order chi connectivity index (χ1) is 9.83. The van der Waals surface area contributed by atoms with E-state index in [4.69, 9.17) is 9.47 Å². The fraction of sp³-hybridized carbons (Fsp3) is 0.786. The highest BCUT2D eigenvalue weighted by Crippen LogP contribution is 1.89. The lowest BCUT2D eigenvalue weighted by molar-refractivity contribution is 0.00394. The van der Waals surface area contributed by atoms with E-state index in [0.29, 0.717) is 26.4 Å². The van der Waals surface area contributed by atoms with E-state index in [1.54, 1.807) is 12.5 Å². The number of imidazole rings is 1. The third kappa shape index (κ3) is 9.03. The summed E-state index contributed by atoms with van der Waals surface area (Å²) in [5.41, 5.74) is 0. The zero-order chi connectivity index (χ0) is 14.5. The highest BCUT2D eigenvalue weighted by Gasteiger charge is 2.03. The molecule has 1 atom stereocenters. The van der Waals surface area contributed by atoms with Crippen molar-refractivity contribution in [3.05, 3.63) is 18.7 Å². The molecule has 1 rings (SSSR count). The summed E-state index contributed by atoms with van der Waals surface area (Å²) in [6.07, 6.45) is 7.20. The van der Waals surface area contributed by atoms with Gasteiger partial charge in [0.15, 0.2) is 0 Å². The average molecular weight is 285 g/mol. The Hall–Kier alpha value is -0.950. The molecule has 1 aromatic heterocycles. The van der Waals surface area contributed by atoms with Gasteiger partial charge in [-0.2, -0.15) is 0 Å². The first-order valence-electron chi connectivity index (χ1n) is 7.33. The summed E-state index contributed by atoms with van der Waals surface area (Å²) < 4.78 is 12.7. The molecule has 0 fully saturated rings. The standard InChI is InChI=1S/C14H27N3O3/c1-2-3-8-19-9-10-20-12-14(18)11-15-4-6-17-7-5-16-13-17/h5,7,13-15,18H,2-4,6,8-12H2,1H3. The highest BCUT2D eigenvalue weighted by atomic mass is 16.5. The van der Waals surface area contributed by atoms with Gasteiger partial charge in [0.05, 0.1) is 32.3 Å². The zero-order valence-corrected chi connectivity index (χ0v) is 12.3. The van der Waals surface area contributed by atoms with Crippen molar-refractivity contribution < 1.29 is 14.6 Å². The van der Waals surface area contributed by atoms with E-state index in [1.165, 1.54) is 0 Å². The second-order valence-electron chi connectivity index (χ2n) is 4.70. The Balaban J connectivity index is 1.84. The summed E-state index contributed by atoms with van der Waals surface area (Å²) in [5.74, 6) is 0. The maximum atomic E-state index is 9.70. The number of rotatable bonds is 13. The van der Waals surface area contributed by atoms with Gasteiger partial charge in [0.25, 0.3) is 0 Å². The molecule has 0 aromatic carbocycles. The average Bonchev–Trinajstić information content (AvgIpc) is 2.96. The van der Waals surface area contributed by atoms with Crippen molar-refractivity contribution in [3.63, 3.8) is 0 Å². The number of unbranched alkanes of at least 4 members (excludes halogenated alkanes) is 1. The van der Waals surface area contributed by atoms with E-state index >= 15 is 0 Å². The third-order valence-corrected chi connectivity index (χ3v) is 2.81. The molecule has 0 saturated heterocycles. The molecular weight excluding hydrogens is 258 g/mol. The normalized spacial score (nSPS) is 12.7. The Bertz CT molecular complexity index is 307. The molecule has 1 heterocycles. The van der Waals surface area contributed by atoms with E-state index in [1.807, 2.05) is 10.8 Å². The molecule has 116 valence electrons. The van der Waals surface area contributed by atoms with Crippen molar-refractivity contribution in [2.45, 2.75) is 32.4 Å². The van der Waals surface area contributed by atoms with E-state index in [2.05, 4.69) is 17.2 Å².